The summed E-state index contributed by atoms with van der Waals surface area (Å²) in [5.74, 6) is 0.196. The van der Waals surface area contributed by atoms with Gasteiger partial charge in [-0.25, -0.2) is 14.6 Å². The number of hydrogen-bond donors (Lipinski definition) is 2. The molecule has 0 unspecified atom stereocenters. The minimum Gasteiger partial charge on any atom is -0.380 e. The lowest BCUT2D eigenvalue weighted by atomic mass is 10.1. The van der Waals surface area contributed by atoms with E-state index in [2.05, 4.69) is 39.5 Å². The SMILES string of the molecule is CCOCCNc1nc(SC(C)C)nc2c1cnn2CCNC(=O)c1ccc(C(F)(F)F)cc1. The van der Waals surface area contributed by atoms with Crippen LogP contribution >= 0.6 is 11.8 Å². The van der Waals surface area contributed by atoms with E-state index < -0.39 is 17.6 Å². The van der Waals surface area contributed by atoms with E-state index in [0.717, 1.165) is 29.7 Å². The fourth-order valence-corrected chi connectivity index (χ4v) is 3.78. The van der Waals surface area contributed by atoms with Gasteiger partial charge in [0.05, 0.1) is 30.3 Å². The second kappa shape index (κ2) is 11.5. The maximum absolute atomic E-state index is 12.7. The summed E-state index contributed by atoms with van der Waals surface area (Å²) in [6.45, 7) is 8.34. The Hall–Kier alpha value is -2.86. The molecule has 0 atom stereocenters. The molecule has 2 heterocycles. The van der Waals surface area contributed by atoms with E-state index in [-0.39, 0.29) is 17.4 Å². The zero-order chi connectivity index (χ0) is 24.7. The van der Waals surface area contributed by atoms with Gasteiger partial charge in [0.25, 0.3) is 5.91 Å². The van der Waals surface area contributed by atoms with Crippen molar-refractivity contribution in [2.45, 2.75) is 43.9 Å². The van der Waals surface area contributed by atoms with Crippen LogP contribution in [0.1, 0.15) is 36.7 Å². The topological polar surface area (TPSA) is 94.0 Å². The first-order valence-corrected chi connectivity index (χ1v) is 11.7. The Labute approximate surface area is 199 Å². The molecule has 3 rings (SSSR count). The fourth-order valence-electron chi connectivity index (χ4n) is 3.07. The Morgan fingerprint density at radius 2 is 1.91 bits per heavy atom. The van der Waals surface area contributed by atoms with E-state index in [1.807, 2.05) is 6.92 Å². The van der Waals surface area contributed by atoms with Gasteiger partial charge in [0.1, 0.15) is 5.82 Å². The van der Waals surface area contributed by atoms with Gasteiger partial charge in [-0.3, -0.25) is 4.79 Å². The highest BCUT2D eigenvalue weighted by molar-refractivity contribution is 7.99. The molecule has 0 aliphatic carbocycles. The highest BCUT2D eigenvalue weighted by Crippen LogP contribution is 2.29. The summed E-state index contributed by atoms with van der Waals surface area (Å²) in [5, 5.41) is 12.0. The number of alkyl halides is 3. The molecule has 0 saturated carbocycles. The van der Waals surface area contributed by atoms with Crippen molar-refractivity contribution in [3.05, 3.63) is 41.6 Å². The molecule has 34 heavy (non-hydrogen) atoms. The Balaban J connectivity index is 1.69. The Morgan fingerprint density at radius 1 is 1.18 bits per heavy atom. The van der Waals surface area contributed by atoms with Crippen LogP contribution in [0.15, 0.2) is 35.6 Å². The number of halogens is 3. The lowest BCUT2D eigenvalue weighted by molar-refractivity contribution is -0.137. The second-order valence-electron chi connectivity index (χ2n) is 7.58. The average molecular weight is 497 g/mol. The predicted molar refractivity (Wildman–Crippen MR) is 125 cm³/mol. The van der Waals surface area contributed by atoms with Crippen LogP contribution in [0, 0.1) is 0 Å². The quantitative estimate of drug-likeness (QED) is 0.233. The number of nitrogens with one attached hydrogen (secondary N) is 2. The zero-order valence-electron chi connectivity index (χ0n) is 19.1. The van der Waals surface area contributed by atoms with Crippen LogP contribution in [0.4, 0.5) is 19.0 Å². The smallest absolute Gasteiger partial charge is 0.380 e. The number of amides is 1. The van der Waals surface area contributed by atoms with Crippen molar-refractivity contribution in [2.24, 2.45) is 0 Å². The van der Waals surface area contributed by atoms with E-state index in [1.54, 1.807) is 10.9 Å². The van der Waals surface area contributed by atoms with Crippen LogP contribution in [0.3, 0.4) is 0 Å². The minimum atomic E-state index is -4.44. The van der Waals surface area contributed by atoms with E-state index >= 15 is 0 Å². The molecule has 0 saturated heterocycles. The number of carbonyl (C=O) groups is 1. The first-order chi connectivity index (χ1) is 16.2. The van der Waals surface area contributed by atoms with Gasteiger partial charge < -0.3 is 15.4 Å². The van der Waals surface area contributed by atoms with Gasteiger partial charge in [0.2, 0.25) is 0 Å². The number of benzene rings is 1. The molecule has 1 amide bonds. The first-order valence-electron chi connectivity index (χ1n) is 10.9. The highest BCUT2D eigenvalue weighted by Gasteiger charge is 2.30. The molecule has 0 aliphatic rings. The molecule has 0 spiro atoms. The summed E-state index contributed by atoms with van der Waals surface area (Å²) in [6, 6.07) is 4.09. The summed E-state index contributed by atoms with van der Waals surface area (Å²) in [7, 11) is 0. The van der Waals surface area contributed by atoms with Crippen LogP contribution in [-0.4, -0.2) is 57.2 Å². The molecule has 184 valence electrons. The number of nitrogens with zero attached hydrogens (tertiary/aromatic N) is 4. The van der Waals surface area contributed by atoms with Crippen LogP contribution < -0.4 is 10.6 Å². The molecule has 0 aliphatic heterocycles. The molecule has 2 aromatic heterocycles. The molecular weight excluding hydrogens is 469 g/mol. The van der Waals surface area contributed by atoms with Crippen molar-refractivity contribution in [2.75, 3.05) is 31.6 Å². The number of carbonyl (C=O) groups excluding carboxylic acids is 1. The summed E-state index contributed by atoms with van der Waals surface area (Å²) in [4.78, 5) is 21.6. The summed E-state index contributed by atoms with van der Waals surface area (Å²) < 4.78 is 45.2. The van der Waals surface area contributed by atoms with Crippen molar-refractivity contribution in [1.29, 1.82) is 0 Å². The lowest BCUT2D eigenvalue weighted by Gasteiger charge is -2.11. The number of anilines is 1. The van der Waals surface area contributed by atoms with Crippen molar-refractivity contribution in [1.82, 2.24) is 25.1 Å². The van der Waals surface area contributed by atoms with E-state index in [1.165, 1.54) is 11.8 Å². The number of ether oxygens (including phenoxy) is 1. The standard InChI is InChI=1S/C22H27F3N6O2S/c1-4-33-12-10-26-18-17-13-28-31(19(17)30-21(29-18)34-14(2)3)11-9-27-20(32)15-5-7-16(8-6-15)22(23,24)25/h5-8,13-14H,4,9-12H2,1-3H3,(H,27,32)(H,26,29,30). The van der Waals surface area contributed by atoms with Gasteiger partial charge >= 0.3 is 6.18 Å². The molecule has 0 fully saturated rings. The van der Waals surface area contributed by atoms with E-state index in [0.29, 0.717) is 42.9 Å². The third-order valence-corrected chi connectivity index (χ3v) is 5.51. The van der Waals surface area contributed by atoms with Crippen LogP contribution in [0.25, 0.3) is 11.0 Å². The molecule has 0 radical (unpaired) electrons. The third kappa shape index (κ3) is 6.83. The monoisotopic (exact) mass is 496 g/mol. The summed E-state index contributed by atoms with van der Waals surface area (Å²) >= 11 is 1.53. The number of fused-ring (bicyclic) bond motifs is 1. The average Bonchev–Trinajstić information content (AvgIpc) is 3.18. The highest BCUT2D eigenvalue weighted by atomic mass is 32.2. The van der Waals surface area contributed by atoms with Crippen LogP contribution in [-0.2, 0) is 17.5 Å². The summed E-state index contributed by atoms with van der Waals surface area (Å²) in [6.07, 6.45) is -2.78. The van der Waals surface area contributed by atoms with Crippen molar-refractivity contribution >= 4 is 34.5 Å². The van der Waals surface area contributed by atoms with Crippen molar-refractivity contribution < 1.29 is 22.7 Å². The van der Waals surface area contributed by atoms with E-state index in [4.69, 9.17) is 4.74 Å². The largest absolute Gasteiger partial charge is 0.416 e. The molecular formula is C22H27F3N6O2S. The predicted octanol–water partition coefficient (Wildman–Crippen LogP) is 4.22. The normalized spacial score (nSPS) is 11.9. The van der Waals surface area contributed by atoms with Crippen molar-refractivity contribution in [3.8, 4) is 0 Å². The molecule has 8 nitrogen and oxygen atoms in total. The molecule has 1 aromatic carbocycles. The third-order valence-electron chi connectivity index (χ3n) is 4.64. The Kier molecular flexibility index (Phi) is 8.72. The lowest BCUT2D eigenvalue weighted by Crippen LogP contribution is -2.27. The number of hydrogen-bond acceptors (Lipinski definition) is 7. The fraction of sp³-hybridized carbons (Fsp3) is 0.455. The van der Waals surface area contributed by atoms with Gasteiger partial charge in [0, 0.05) is 30.5 Å². The van der Waals surface area contributed by atoms with Crippen LogP contribution in [0.2, 0.25) is 0 Å². The number of thioether (sulfide) groups is 1. The summed E-state index contributed by atoms with van der Waals surface area (Å²) in [5.41, 5.74) is -0.0228. The first kappa shape index (κ1) is 25.8. The zero-order valence-corrected chi connectivity index (χ0v) is 20.0. The van der Waals surface area contributed by atoms with Gasteiger partial charge in [-0.15, -0.1) is 0 Å². The Morgan fingerprint density at radius 3 is 2.56 bits per heavy atom. The van der Waals surface area contributed by atoms with Gasteiger partial charge in [-0.1, -0.05) is 25.6 Å². The maximum atomic E-state index is 12.7. The molecule has 3 aromatic rings. The Bertz CT molecular complexity index is 1100. The van der Waals surface area contributed by atoms with Gasteiger partial charge in [-0.05, 0) is 31.2 Å². The van der Waals surface area contributed by atoms with Crippen LogP contribution in [0.5, 0.6) is 0 Å². The van der Waals surface area contributed by atoms with E-state index in [9.17, 15) is 18.0 Å². The molecule has 12 heteroatoms. The van der Waals surface area contributed by atoms with Gasteiger partial charge in [-0.2, -0.15) is 18.3 Å². The maximum Gasteiger partial charge on any atom is 0.416 e. The number of aromatic nitrogens is 4. The van der Waals surface area contributed by atoms with Gasteiger partial charge in [0.15, 0.2) is 10.8 Å². The molecule has 2 N–H and O–H groups in total. The second-order valence-corrected chi connectivity index (χ2v) is 9.12. The number of rotatable bonds is 11. The van der Waals surface area contributed by atoms with Crippen molar-refractivity contribution in [3.63, 3.8) is 0 Å². The minimum absolute atomic E-state index is 0.150. The molecule has 0 bridgehead atoms.